The molecule has 178 valence electrons. The van der Waals surface area contributed by atoms with Gasteiger partial charge in [0.25, 0.3) is 11.8 Å². The molecule has 1 saturated heterocycles. The van der Waals surface area contributed by atoms with Gasteiger partial charge in [-0.05, 0) is 6.42 Å². The molecule has 2 amide bonds. The number of amides is 2. The van der Waals surface area contributed by atoms with Crippen LogP contribution in [0.4, 0.5) is 5.13 Å². The largest absolute Gasteiger partial charge is 0.477 e. The molecule has 0 aliphatic carbocycles. The van der Waals surface area contributed by atoms with Crippen LogP contribution in [0.15, 0.2) is 16.4 Å². The molecule has 2 aliphatic heterocycles. The number of carboxylic acid groups (broad SMARTS) is 1. The van der Waals surface area contributed by atoms with Crippen LogP contribution in [0.1, 0.15) is 26.0 Å². The van der Waals surface area contributed by atoms with Crippen molar-refractivity contribution in [3.63, 3.8) is 0 Å². The number of nitrogens with two attached hydrogens (primary N) is 1. The number of hydrogen-bond donors (Lipinski definition) is 3. The number of β-lactam (4-membered cyclic amide) rings is 1. The standard InChI is InChI=1S/C18H20ClN5O7S2/c1-3-4-31-23-10(9-13(19)33-18(20)22-9)14(26)21-11-15(27)24-12(17(28)29)8(5-30-7(2)25)6-32-16(11)24/h11,16H,3-6H2,1-2H3,(H2,20,22)(H,21,26)(H,28,29)/t11-,16-/m1/s1. The van der Waals surface area contributed by atoms with Crippen molar-refractivity contribution in [2.24, 2.45) is 5.16 Å². The number of anilines is 1. The molecular formula is C18H20ClN5O7S2. The molecule has 1 aromatic rings. The van der Waals surface area contributed by atoms with E-state index < -0.39 is 35.2 Å². The predicted octanol–water partition coefficient (Wildman–Crippen LogP) is 0.811. The van der Waals surface area contributed by atoms with Gasteiger partial charge in [-0.15, -0.1) is 11.8 Å². The molecule has 4 N–H and O–H groups in total. The van der Waals surface area contributed by atoms with Crippen LogP contribution in [-0.2, 0) is 28.8 Å². The molecule has 15 heteroatoms. The fraction of sp³-hybridized carbons (Fsp3) is 0.444. The smallest absolute Gasteiger partial charge is 0.352 e. The van der Waals surface area contributed by atoms with Crippen LogP contribution in [0.25, 0.3) is 0 Å². The molecule has 2 atom stereocenters. The monoisotopic (exact) mass is 517 g/mol. The van der Waals surface area contributed by atoms with E-state index in [2.05, 4.69) is 15.5 Å². The number of ether oxygens (including phenoxy) is 1. The first-order valence-electron chi connectivity index (χ1n) is 9.62. The number of nitrogens with zero attached hydrogens (tertiary/aromatic N) is 3. The number of rotatable bonds is 9. The number of aromatic nitrogens is 1. The highest BCUT2D eigenvalue weighted by molar-refractivity contribution is 8.00. The van der Waals surface area contributed by atoms with Gasteiger partial charge in [0, 0.05) is 18.2 Å². The third-order valence-electron chi connectivity index (χ3n) is 4.48. The van der Waals surface area contributed by atoms with Crippen molar-refractivity contribution in [2.45, 2.75) is 31.7 Å². The Kier molecular flexibility index (Phi) is 7.81. The Morgan fingerprint density at radius 1 is 1.42 bits per heavy atom. The van der Waals surface area contributed by atoms with E-state index in [1.54, 1.807) is 0 Å². The molecule has 0 unspecified atom stereocenters. The SMILES string of the molecule is CCCON=C(C(=O)N[C@@H]1C(=O)N2C(C(=O)O)=C(COC(C)=O)CS[C@H]12)c1nc(N)sc1Cl. The zero-order chi connectivity index (χ0) is 24.3. The number of esters is 1. The first kappa shape index (κ1) is 24.8. The van der Waals surface area contributed by atoms with Crippen LogP contribution in [0.5, 0.6) is 0 Å². The van der Waals surface area contributed by atoms with E-state index in [-0.39, 0.29) is 51.1 Å². The lowest BCUT2D eigenvalue weighted by atomic mass is 10.0. The summed E-state index contributed by atoms with van der Waals surface area (Å²) in [6, 6.07) is -1.02. The Morgan fingerprint density at radius 2 is 2.15 bits per heavy atom. The van der Waals surface area contributed by atoms with Crippen LogP contribution in [0, 0.1) is 0 Å². The highest BCUT2D eigenvalue weighted by atomic mass is 35.5. The number of carbonyl (C=O) groups is 4. The molecule has 2 aliphatic rings. The summed E-state index contributed by atoms with van der Waals surface area (Å²) in [6.07, 6.45) is 0.639. The molecule has 33 heavy (non-hydrogen) atoms. The second kappa shape index (κ2) is 10.4. The van der Waals surface area contributed by atoms with Gasteiger partial charge in [-0.3, -0.25) is 19.3 Å². The summed E-state index contributed by atoms with van der Waals surface area (Å²) in [5.41, 5.74) is 5.45. The minimum atomic E-state index is -1.33. The van der Waals surface area contributed by atoms with Crippen LogP contribution >= 0.6 is 34.7 Å². The Morgan fingerprint density at radius 3 is 2.73 bits per heavy atom. The summed E-state index contributed by atoms with van der Waals surface area (Å²) >= 11 is 8.30. The number of hydrogen-bond acceptors (Lipinski definition) is 11. The van der Waals surface area contributed by atoms with Gasteiger partial charge in [0.05, 0.1) is 0 Å². The number of oxime groups is 1. The number of carbonyl (C=O) groups excluding carboxylic acids is 3. The second-order valence-corrected chi connectivity index (χ2v) is 9.58. The lowest BCUT2D eigenvalue weighted by Gasteiger charge is -2.49. The quantitative estimate of drug-likeness (QED) is 0.140. The molecule has 12 nitrogen and oxygen atoms in total. The topological polar surface area (TPSA) is 174 Å². The molecule has 0 aromatic carbocycles. The van der Waals surface area contributed by atoms with Crippen molar-refractivity contribution in [3.05, 3.63) is 21.3 Å². The van der Waals surface area contributed by atoms with E-state index in [9.17, 15) is 24.3 Å². The minimum Gasteiger partial charge on any atom is -0.477 e. The van der Waals surface area contributed by atoms with Crippen LogP contribution in [0.2, 0.25) is 4.34 Å². The summed E-state index contributed by atoms with van der Waals surface area (Å²) in [7, 11) is 0. The lowest BCUT2D eigenvalue weighted by Crippen LogP contribution is -2.71. The van der Waals surface area contributed by atoms with Gasteiger partial charge in [-0.2, -0.15) is 0 Å². The van der Waals surface area contributed by atoms with Crippen LogP contribution in [-0.4, -0.2) is 74.8 Å². The number of thioether (sulfide) groups is 1. The van der Waals surface area contributed by atoms with Gasteiger partial charge >= 0.3 is 11.9 Å². The van der Waals surface area contributed by atoms with Gasteiger partial charge in [0.2, 0.25) is 0 Å². The number of carboxylic acids is 1. The van der Waals surface area contributed by atoms with Crippen molar-refractivity contribution < 1.29 is 33.9 Å². The van der Waals surface area contributed by atoms with Gasteiger partial charge in [-0.25, -0.2) is 9.78 Å². The number of halogens is 1. The number of thiazole rings is 1. The predicted molar refractivity (Wildman–Crippen MR) is 121 cm³/mol. The Bertz CT molecular complexity index is 1060. The third-order valence-corrected chi connectivity index (χ3v) is 6.90. The number of fused-ring (bicyclic) bond motifs is 1. The van der Waals surface area contributed by atoms with E-state index >= 15 is 0 Å². The fourth-order valence-electron chi connectivity index (χ4n) is 3.05. The van der Waals surface area contributed by atoms with Crippen molar-refractivity contribution in [2.75, 3.05) is 24.7 Å². The zero-order valence-corrected chi connectivity index (χ0v) is 19.9. The Labute approximate surface area is 201 Å². The van der Waals surface area contributed by atoms with E-state index in [4.69, 9.17) is 26.9 Å². The van der Waals surface area contributed by atoms with Gasteiger partial charge in [0.15, 0.2) is 10.8 Å². The zero-order valence-electron chi connectivity index (χ0n) is 17.5. The van der Waals surface area contributed by atoms with Crippen LogP contribution in [0.3, 0.4) is 0 Å². The van der Waals surface area contributed by atoms with Crippen molar-refractivity contribution in [1.82, 2.24) is 15.2 Å². The number of nitrogen functional groups attached to an aromatic ring is 1. The van der Waals surface area contributed by atoms with E-state index in [0.29, 0.717) is 6.42 Å². The Hall–Kier alpha value is -2.84. The first-order chi connectivity index (χ1) is 15.6. The fourth-order valence-corrected chi connectivity index (χ4v) is 5.31. The molecule has 0 saturated carbocycles. The molecule has 1 aromatic heterocycles. The lowest BCUT2D eigenvalue weighted by molar-refractivity contribution is -0.150. The summed E-state index contributed by atoms with van der Waals surface area (Å²) in [4.78, 5) is 58.8. The second-order valence-electron chi connectivity index (χ2n) is 6.85. The number of aliphatic carboxylic acids is 1. The third kappa shape index (κ3) is 5.23. The van der Waals surface area contributed by atoms with Crippen molar-refractivity contribution in [1.29, 1.82) is 0 Å². The van der Waals surface area contributed by atoms with Gasteiger partial charge in [0.1, 0.15) is 40.4 Å². The highest BCUT2D eigenvalue weighted by Crippen LogP contribution is 2.40. The molecule has 3 heterocycles. The van der Waals surface area contributed by atoms with Gasteiger partial charge < -0.3 is 25.7 Å². The summed E-state index contributed by atoms with van der Waals surface area (Å²) in [5, 5.41) is 15.4. The average molecular weight is 518 g/mol. The maximum Gasteiger partial charge on any atom is 0.352 e. The first-order valence-corrected chi connectivity index (χ1v) is 11.9. The van der Waals surface area contributed by atoms with E-state index in [0.717, 1.165) is 16.2 Å². The number of nitrogens with one attached hydrogen (secondary N) is 1. The molecule has 3 rings (SSSR count). The van der Waals surface area contributed by atoms with E-state index in [1.165, 1.54) is 18.7 Å². The average Bonchev–Trinajstić information content (AvgIpc) is 3.09. The molecular weight excluding hydrogens is 498 g/mol. The molecule has 0 radical (unpaired) electrons. The normalized spacial score (nSPS) is 20.2. The van der Waals surface area contributed by atoms with Crippen molar-refractivity contribution >= 4 is 69.3 Å². The summed E-state index contributed by atoms with van der Waals surface area (Å²) in [6.45, 7) is 3.05. The summed E-state index contributed by atoms with van der Waals surface area (Å²) in [5.74, 6) is -3.11. The highest BCUT2D eigenvalue weighted by Gasteiger charge is 2.54. The van der Waals surface area contributed by atoms with E-state index in [1.807, 2.05) is 6.92 Å². The van der Waals surface area contributed by atoms with Crippen molar-refractivity contribution in [3.8, 4) is 0 Å². The maximum atomic E-state index is 13.0. The molecule has 1 fully saturated rings. The minimum absolute atomic E-state index is 0.0162. The molecule has 0 bridgehead atoms. The van der Waals surface area contributed by atoms with Gasteiger partial charge in [-0.1, -0.05) is 35.0 Å². The molecule has 0 spiro atoms. The Balaban J connectivity index is 1.80. The maximum absolute atomic E-state index is 13.0. The summed E-state index contributed by atoms with van der Waals surface area (Å²) < 4.78 is 5.02. The van der Waals surface area contributed by atoms with Crippen LogP contribution < -0.4 is 11.1 Å².